The lowest BCUT2D eigenvalue weighted by Gasteiger charge is -2.37. The lowest BCUT2D eigenvalue weighted by molar-refractivity contribution is -0.142. The van der Waals surface area contributed by atoms with Crippen molar-refractivity contribution in [2.45, 2.75) is 43.6 Å². The molecule has 3 aromatic carbocycles. The second kappa shape index (κ2) is 11.0. The quantitative estimate of drug-likeness (QED) is 0.386. The molecule has 8 nitrogen and oxygen atoms in total. The Kier molecular flexibility index (Phi) is 7.34. The van der Waals surface area contributed by atoms with Gasteiger partial charge in [0.05, 0.1) is 19.1 Å². The molecule has 1 fully saturated rings. The summed E-state index contributed by atoms with van der Waals surface area (Å²) in [5, 5.41) is 18.4. The molecule has 3 amide bonds. The fourth-order valence-electron chi connectivity index (χ4n) is 4.91. The minimum absolute atomic E-state index is 0.0990. The molecule has 0 spiro atoms. The van der Waals surface area contributed by atoms with Crippen LogP contribution in [-0.4, -0.2) is 42.0 Å². The van der Waals surface area contributed by atoms with Crippen molar-refractivity contribution in [2.24, 2.45) is 0 Å². The van der Waals surface area contributed by atoms with E-state index in [1.54, 1.807) is 36.4 Å². The predicted molar refractivity (Wildman–Crippen MR) is 136 cm³/mol. The highest BCUT2D eigenvalue weighted by Crippen LogP contribution is 2.47. The van der Waals surface area contributed by atoms with Crippen molar-refractivity contribution >= 4 is 23.3 Å². The molecule has 4 N–H and O–H groups in total. The van der Waals surface area contributed by atoms with Crippen LogP contribution in [0.2, 0.25) is 0 Å². The van der Waals surface area contributed by atoms with Gasteiger partial charge in [-0.15, -0.1) is 0 Å². The first-order valence-corrected chi connectivity index (χ1v) is 12.2. The van der Waals surface area contributed by atoms with Gasteiger partial charge in [0.15, 0.2) is 0 Å². The number of nitrogens with one attached hydrogen (secondary N) is 3. The van der Waals surface area contributed by atoms with E-state index in [0.717, 1.165) is 5.56 Å². The molecular weight excluding hydrogens is 477 g/mol. The van der Waals surface area contributed by atoms with E-state index in [2.05, 4.69) is 16.0 Å². The molecular formula is C28H28FN3O5. The van der Waals surface area contributed by atoms with Gasteiger partial charge in [-0.3, -0.25) is 4.79 Å². The fourth-order valence-corrected chi connectivity index (χ4v) is 4.91. The average molecular weight is 506 g/mol. The van der Waals surface area contributed by atoms with Crippen LogP contribution in [0.15, 0.2) is 72.8 Å². The third kappa shape index (κ3) is 5.90. The fraction of sp³-hybridized carbons (Fsp3) is 0.286. The summed E-state index contributed by atoms with van der Waals surface area (Å²) in [6.07, 6.45) is -0.799. The van der Waals surface area contributed by atoms with Crippen molar-refractivity contribution in [1.29, 1.82) is 0 Å². The van der Waals surface area contributed by atoms with Crippen molar-refractivity contribution in [3.05, 3.63) is 89.7 Å². The highest BCUT2D eigenvalue weighted by atomic mass is 19.1. The molecule has 3 aromatic rings. The second-order valence-corrected chi connectivity index (χ2v) is 9.21. The molecule has 0 aromatic heterocycles. The Morgan fingerprint density at radius 2 is 1.78 bits per heavy atom. The minimum atomic E-state index is -0.593. The van der Waals surface area contributed by atoms with E-state index >= 15 is 0 Å². The number of ether oxygens (including phenoxy) is 2. The number of amides is 3. The van der Waals surface area contributed by atoms with E-state index in [0.29, 0.717) is 29.1 Å². The monoisotopic (exact) mass is 505 g/mol. The Balaban J connectivity index is 1.23. The van der Waals surface area contributed by atoms with Gasteiger partial charge in [-0.05, 0) is 54.4 Å². The van der Waals surface area contributed by atoms with E-state index in [4.69, 9.17) is 9.47 Å². The van der Waals surface area contributed by atoms with Crippen molar-refractivity contribution in [3.8, 4) is 5.75 Å². The first kappa shape index (κ1) is 24.7. The average Bonchev–Trinajstić information content (AvgIpc) is 3.25. The summed E-state index contributed by atoms with van der Waals surface area (Å²) in [7, 11) is 0. The number of rotatable bonds is 7. The molecule has 192 valence electrons. The number of carbonyl (C=O) groups excluding carboxylic acids is 2. The zero-order chi connectivity index (χ0) is 25.8. The number of aliphatic hydroxyl groups excluding tert-OH is 1. The maximum atomic E-state index is 13.4. The number of aliphatic hydroxyl groups is 1. The SMILES string of the molecule is O=C(C[C@H]1C[C@H]2c3cc(NC(=O)Nc4ccccc4)ccc3O[C@H]2[C@@H](CO)O1)NCc1cccc(F)c1. The van der Waals surface area contributed by atoms with E-state index in [1.165, 1.54) is 12.1 Å². The molecule has 0 aliphatic carbocycles. The van der Waals surface area contributed by atoms with E-state index in [-0.39, 0.29) is 49.3 Å². The van der Waals surface area contributed by atoms with Gasteiger partial charge in [-0.2, -0.15) is 0 Å². The molecule has 0 saturated carbocycles. The van der Waals surface area contributed by atoms with Gasteiger partial charge in [-0.25, -0.2) is 9.18 Å². The molecule has 9 heteroatoms. The molecule has 0 unspecified atom stereocenters. The topological polar surface area (TPSA) is 109 Å². The molecule has 0 bridgehead atoms. The van der Waals surface area contributed by atoms with Gasteiger partial charge in [0, 0.05) is 29.4 Å². The van der Waals surface area contributed by atoms with Crippen molar-refractivity contribution in [1.82, 2.24) is 5.32 Å². The number of hydrogen-bond donors (Lipinski definition) is 4. The van der Waals surface area contributed by atoms with Crippen LogP contribution in [0, 0.1) is 5.82 Å². The number of halogens is 1. The number of urea groups is 1. The van der Waals surface area contributed by atoms with Gasteiger partial charge < -0.3 is 30.5 Å². The number of carbonyl (C=O) groups is 2. The van der Waals surface area contributed by atoms with Gasteiger partial charge in [0.25, 0.3) is 0 Å². The Morgan fingerprint density at radius 3 is 2.57 bits per heavy atom. The molecule has 2 aliphatic heterocycles. The maximum absolute atomic E-state index is 13.4. The van der Waals surface area contributed by atoms with Crippen LogP contribution in [0.5, 0.6) is 5.75 Å². The summed E-state index contributed by atoms with van der Waals surface area (Å²) in [4.78, 5) is 25.0. The first-order valence-electron chi connectivity index (χ1n) is 12.2. The third-order valence-electron chi connectivity index (χ3n) is 6.58. The van der Waals surface area contributed by atoms with E-state index < -0.39 is 12.2 Å². The summed E-state index contributed by atoms with van der Waals surface area (Å²) in [6, 6.07) is 20.3. The van der Waals surface area contributed by atoms with Crippen LogP contribution in [0.1, 0.15) is 29.9 Å². The smallest absolute Gasteiger partial charge is 0.323 e. The highest BCUT2D eigenvalue weighted by molar-refractivity contribution is 5.99. The second-order valence-electron chi connectivity index (χ2n) is 9.21. The number of benzene rings is 3. The standard InChI is InChI=1S/C28H28FN3O5/c29-18-6-4-5-17(11-18)15-30-26(34)14-21-13-23-22-12-20(32-28(35)31-19-7-2-1-3-8-19)9-10-24(22)37-27(23)25(16-33)36-21/h1-12,21,23,25,27,33H,13-16H2,(H,30,34)(H2,31,32,35)/t21-,23+,25-,27-/m1/s1. The Labute approximate surface area is 213 Å². The van der Waals surface area contributed by atoms with Crippen LogP contribution in [-0.2, 0) is 16.1 Å². The number of hydrogen-bond acceptors (Lipinski definition) is 5. The van der Waals surface area contributed by atoms with Crippen LogP contribution in [0.3, 0.4) is 0 Å². The molecule has 2 aliphatic rings. The van der Waals surface area contributed by atoms with Crippen LogP contribution < -0.4 is 20.7 Å². The van der Waals surface area contributed by atoms with Crippen molar-refractivity contribution in [3.63, 3.8) is 0 Å². The Morgan fingerprint density at radius 1 is 0.973 bits per heavy atom. The molecule has 2 heterocycles. The zero-order valence-electron chi connectivity index (χ0n) is 20.0. The molecule has 1 saturated heterocycles. The molecule has 4 atom stereocenters. The Hall–Kier alpha value is -3.95. The Bertz CT molecular complexity index is 1270. The summed E-state index contributed by atoms with van der Waals surface area (Å²) >= 11 is 0. The zero-order valence-corrected chi connectivity index (χ0v) is 20.0. The molecule has 0 radical (unpaired) electrons. The van der Waals surface area contributed by atoms with Gasteiger partial charge in [0.1, 0.15) is 23.8 Å². The number of fused-ring (bicyclic) bond motifs is 3. The molecule has 5 rings (SSSR count). The minimum Gasteiger partial charge on any atom is -0.487 e. The van der Waals surface area contributed by atoms with E-state index in [9.17, 15) is 19.1 Å². The van der Waals surface area contributed by atoms with Crippen LogP contribution >= 0.6 is 0 Å². The maximum Gasteiger partial charge on any atom is 0.323 e. The van der Waals surface area contributed by atoms with Crippen molar-refractivity contribution in [2.75, 3.05) is 17.2 Å². The van der Waals surface area contributed by atoms with E-state index in [1.807, 2.05) is 24.3 Å². The van der Waals surface area contributed by atoms with Gasteiger partial charge >= 0.3 is 6.03 Å². The molecule has 37 heavy (non-hydrogen) atoms. The van der Waals surface area contributed by atoms with Crippen LogP contribution in [0.4, 0.5) is 20.6 Å². The largest absolute Gasteiger partial charge is 0.487 e. The summed E-state index contributed by atoms with van der Waals surface area (Å²) in [6.45, 7) is -0.0357. The predicted octanol–water partition coefficient (Wildman–Crippen LogP) is 4.17. The number of anilines is 2. The van der Waals surface area contributed by atoms with Crippen LogP contribution in [0.25, 0.3) is 0 Å². The highest BCUT2D eigenvalue weighted by Gasteiger charge is 2.46. The summed E-state index contributed by atoms with van der Waals surface area (Å²) in [5.74, 6) is -0.0230. The van der Waals surface area contributed by atoms with Gasteiger partial charge in [-0.1, -0.05) is 30.3 Å². The van der Waals surface area contributed by atoms with Gasteiger partial charge in [0.2, 0.25) is 5.91 Å². The summed E-state index contributed by atoms with van der Waals surface area (Å²) < 4.78 is 25.5. The summed E-state index contributed by atoms with van der Waals surface area (Å²) in [5.41, 5.74) is 2.85. The normalized spacial score (nSPS) is 21.8. The lowest BCUT2D eigenvalue weighted by Crippen LogP contribution is -2.47. The lowest BCUT2D eigenvalue weighted by atomic mass is 9.84. The number of para-hydroxylation sites is 1. The first-order chi connectivity index (χ1) is 18.0. The third-order valence-corrected chi connectivity index (χ3v) is 6.58. The van der Waals surface area contributed by atoms with Crippen molar-refractivity contribution < 1.29 is 28.6 Å².